The first-order valence-corrected chi connectivity index (χ1v) is 13.4. The molecule has 0 aliphatic carbocycles. The molecule has 0 bridgehead atoms. The fourth-order valence-corrected chi connectivity index (χ4v) is 4.99. The van der Waals surface area contributed by atoms with Crippen LogP contribution >= 0.6 is 0 Å². The summed E-state index contributed by atoms with van der Waals surface area (Å²) in [4.78, 5) is 13.7. The third-order valence-electron chi connectivity index (χ3n) is 7.50. The maximum absolute atomic E-state index is 13.7. The van der Waals surface area contributed by atoms with Crippen LogP contribution < -0.4 is 14.9 Å². The smallest absolute Gasteiger partial charge is 0.239 e. The van der Waals surface area contributed by atoms with Crippen molar-refractivity contribution in [3.63, 3.8) is 0 Å². The molecule has 16 heteroatoms. The molecule has 0 saturated carbocycles. The number of methoxy groups -OCH3 is 1. The monoisotopic (exact) mass is 624 g/mol. The average Bonchev–Trinajstić information content (AvgIpc) is 2.98. The largest absolute Gasteiger partial charge is 0.508 e. The van der Waals surface area contributed by atoms with E-state index < -0.39 is 96.1 Å². The van der Waals surface area contributed by atoms with Crippen LogP contribution in [0.2, 0.25) is 0 Å². The van der Waals surface area contributed by atoms with Gasteiger partial charge < -0.3 is 74.1 Å². The Hall–Kier alpha value is -3.71. The first-order chi connectivity index (χ1) is 20.8. The number of phenols is 3. The highest BCUT2D eigenvalue weighted by atomic mass is 16.7. The molecule has 16 nitrogen and oxygen atoms in total. The SMILES string of the molecule is COc1cc(-c2oc3cc(O)cc(O)c3c(=O)c2O[C@@H]2O[C@H](CO[C@H]3O[C@H](C)[C@@H](O)[C@H](O)[C@@H]3O)[C@@H](O)[C@H](O)[C@H]2O)ccc1O. The number of rotatable bonds is 7. The number of phenolic OH excluding ortho intramolecular Hbond substituents is 3. The minimum atomic E-state index is -1.94. The quantitative estimate of drug-likeness (QED) is 0.147. The van der Waals surface area contributed by atoms with E-state index in [1.807, 2.05) is 0 Å². The van der Waals surface area contributed by atoms with E-state index in [-0.39, 0.29) is 28.4 Å². The first kappa shape index (κ1) is 31.7. The van der Waals surface area contributed by atoms with Crippen molar-refractivity contribution in [1.82, 2.24) is 0 Å². The van der Waals surface area contributed by atoms with E-state index >= 15 is 0 Å². The molecule has 10 atom stereocenters. The van der Waals surface area contributed by atoms with Crippen LogP contribution in [-0.2, 0) is 14.2 Å². The zero-order valence-corrected chi connectivity index (χ0v) is 23.3. The van der Waals surface area contributed by atoms with Crippen molar-refractivity contribution >= 4 is 11.0 Å². The third kappa shape index (κ3) is 5.74. The van der Waals surface area contributed by atoms with Crippen LogP contribution in [0.25, 0.3) is 22.3 Å². The Labute approximate surface area is 248 Å². The van der Waals surface area contributed by atoms with E-state index in [9.17, 15) is 50.8 Å². The lowest BCUT2D eigenvalue weighted by molar-refractivity contribution is -0.318. The highest BCUT2D eigenvalue weighted by molar-refractivity contribution is 5.88. The summed E-state index contributed by atoms with van der Waals surface area (Å²) < 4.78 is 33.2. The van der Waals surface area contributed by atoms with Crippen molar-refractivity contribution < 1.29 is 74.1 Å². The van der Waals surface area contributed by atoms with E-state index in [0.717, 1.165) is 12.1 Å². The van der Waals surface area contributed by atoms with Crippen LogP contribution in [0.3, 0.4) is 0 Å². The normalized spacial score (nSPS) is 32.5. The molecule has 44 heavy (non-hydrogen) atoms. The number of fused-ring (bicyclic) bond motifs is 1. The second-order valence-electron chi connectivity index (χ2n) is 10.5. The Kier molecular flexibility index (Phi) is 8.90. The summed E-state index contributed by atoms with van der Waals surface area (Å²) in [5.74, 6) is -2.28. The lowest BCUT2D eigenvalue weighted by atomic mass is 9.98. The van der Waals surface area contributed by atoms with Gasteiger partial charge in [-0.2, -0.15) is 0 Å². The molecule has 2 aliphatic rings. The number of aliphatic hydroxyl groups is 6. The van der Waals surface area contributed by atoms with Crippen LogP contribution in [0.15, 0.2) is 39.5 Å². The van der Waals surface area contributed by atoms with Gasteiger partial charge in [0.05, 0.1) is 19.8 Å². The Morgan fingerprint density at radius 2 is 1.48 bits per heavy atom. The van der Waals surface area contributed by atoms with Gasteiger partial charge in [0.2, 0.25) is 17.5 Å². The molecule has 0 amide bonds. The number of hydrogen-bond acceptors (Lipinski definition) is 16. The maximum atomic E-state index is 13.7. The van der Waals surface area contributed by atoms with Gasteiger partial charge in [0.1, 0.15) is 65.2 Å². The molecule has 0 radical (unpaired) electrons. The molecule has 5 rings (SSSR count). The third-order valence-corrected chi connectivity index (χ3v) is 7.50. The van der Waals surface area contributed by atoms with E-state index in [0.29, 0.717) is 0 Å². The number of ether oxygens (including phenoxy) is 5. The molecular weight excluding hydrogens is 592 g/mol. The minimum Gasteiger partial charge on any atom is -0.508 e. The molecule has 0 unspecified atom stereocenters. The zero-order valence-electron chi connectivity index (χ0n) is 23.3. The van der Waals surface area contributed by atoms with Gasteiger partial charge in [-0.1, -0.05) is 0 Å². The topological polar surface area (TPSA) is 258 Å². The summed E-state index contributed by atoms with van der Waals surface area (Å²) in [6.07, 6.45) is -16.0. The van der Waals surface area contributed by atoms with Crippen LogP contribution in [0.5, 0.6) is 28.7 Å². The maximum Gasteiger partial charge on any atom is 0.239 e. The molecule has 3 aromatic rings. The van der Waals surface area contributed by atoms with Crippen LogP contribution in [-0.4, -0.2) is 121 Å². The molecule has 240 valence electrons. The fourth-order valence-electron chi connectivity index (χ4n) is 4.99. The van der Waals surface area contributed by atoms with Crippen molar-refractivity contribution in [1.29, 1.82) is 0 Å². The van der Waals surface area contributed by atoms with Gasteiger partial charge in [0.25, 0.3) is 0 Å². The molecule has 2 fully saturated rings. The van der Waals surface area contributed by atoms with Gasteiger partial charge in [-0.15, -0.1) is 0 Å². The van der Waals surface area contributed by atoms with Crippen molar-refractivity contribution in [2.24, 2.45) is 0 Å². The van der Waals surface area contributed by atoms with Gasteiger partial charge >= 0.3 is 0 Å². The molecule has 1 aromatic heterocycles. The molecule has 2 saturated heterocycles. The van der Waals surface area contributed by atoms with Crippen molar-refractivity contribution in [3.05, 3.63) is 40.6 Å². The average molecular weight is 625 g/mol. The molecular formula is C28H32O16. The number of hydrogen-bond donors (Lipinski definition) is 9. The number of benzene rings is 2. The molecule has 2 aliphatic heterocycles. The van der Waals surface area contributed by atoms with Gasteiger partial charge in [0, 0.05) is 17.7 Å². The predicted octanol–water partition coefficient (Wildman–Crippen LogP) is -1.38. The summed E-state index contributed by atoms with van der Waals surface area (Å²) in [7, 11) is 1.28. The summed E-state index contributed by atoms with van der Waals surface area (Å²) in [5, 5.41) is 92.1. The first-order valence-electron chi connectivity index (χ1n) is 13.4. The lowest BCUT2D eigenvalue weighted by Crippen LogP contribution is -2.61. The molecule has 0 spiro atoms. The highest BCUT2D eigenvalue weighted by Crippen LogP contribution is 2.39. The molecule has 2 aromatic carbocycles. The summed E-state index contributed by atoms with van der Waals surface area (Å²) in [6, 6.07) is 5.83. The van der Waals surface area contributed by atoms with E-state index in [1.54, 1.807) is 0 Å². The van der Waals surface area contributed by atoms with Crippen LogP contribution in [0.1, 0.15) is 6.92 Å². The zero-order chi connectivity index (χ0) is 32.0. The standard InChI is InChI=1S/C28H32O16/c1-9-18(32)21(35)23(37)27(41-9)40-8-16-19(33)22(36)24(38)28(43-16)44-26-20(34)17-13(31)6-11(29)7-15(17)42-25(26)10-3-4-12(30)14(5-10)39-2/h3-7,9,16,18-19,21-24,27-33,35-38H,8H2,1-2H3/t9-,16-,18-,19-,21+,22+,23+,24-,27+,28+/m1/s1. The fraction of sp³-hybridized carbons (Fsp3) is 0.464. The molecule has 9 N–H and O–H groups in total. The second kappa shape index (κ2) is 12.4. The summed E-state index contributed by atoms with van der Waals surface area (Å²) in [6.45, 7) is 0.845. The van der Waals surface area contributed by atoms with Gasteiger partial charge in [-0.05, 0) is 25.1 Å². The Balaban J connectivity index is 1.49. The van der Waals surface area contributed by atoms with Gasteiger partial charge in [0.15, 0.2) is 23.5 Å². The Morgan fingerprint density at radius 3 is 2.18 bits per heavy atom. The van der Waals surface area contributed by atoms with Gasteiger partial charge in [-0.3, -0.25) is 4.79 Å². The molecule has 3 heterocycles. The van der Waals surface area contributed by atoms with Crippen LogP contribution in [0.4, 0.5) is 0 Å². The van der Waals surface area contributed by atoms with E-state index in [4.69, 9.17) is 28.1 Å². The predicted molar refractivity (Wildman–Crippen MR) is 145 cm³/mol. The lowest BCUT2D eigenvalue weighted by Gasteiger charge is -2.42. The minimum absolute atomic E-state index is 0.0151. The summed E-state index contributed by atoms with van der Waals surface area (Å²) >= 11 is 0. The Bertz CT molecular complexity index is 1560. The van der Waals surface area contributed by atoms with Gasteiger partial charge in [-0.25, -0.2) is 0 Å². The van der Waals surface area contributed by atoms with Crippen molar-refractivity contribution in [2.45, 2.75) is 68.3 Å². The van der Waals surface area contributed by atoms with E-state index in [1.165, 1.54) is 32.2 Å². The van der Waals surface area contributed by atoms with Crippen LogP contribution in [0, 0.1) is 0 Å². The summed E-state index contributed by atoms with van der Waals surface area (Å²) in [5.41, 5.74) is -1.11. The number of aliphatic hydroxyl groups excluding tert-OH is 6. The highest BCUT2D eigenvalue weighted by Gasteiger charge is 2.47. The van der Waals surface area contributed by atoms with Crippen molar-refractivity contribution in [3.8, 4) is 40.1 Å². The second-order valence-corrected chi connectivity index (χ2v) is 10.5. The number of aromatic hydroxyl groups is 3. The van der Waals surface area contributed by atoms with Crippen molar-refractivity contribution in [2.75, 3.05) is 13.7 Å². The van der Waals surface area contributed by atoms with E-state index in [2.05, 4.69) is 0 Å². The Morgan fingerprint density at radius 1 is 0.795 bits per heavy atom.